The summed E-state index contributed by atoms with van der Waals surface area (Å²) in [5.41, 5.74) is 0. The Balaban J connectivity index is 3.72. The van der Waals surface area contributed by atoms with Crippen molar-refractivity contribution >= 4 is 0 Å². The van der Waals surface area contributed by atoms with Crippen LogP contribution in [0.4, 0.5) is 0 Å². The van der Waals surface area contributed by atoms with Crippen molar-refractivity contribution in [1.29, 1.82) is 0 Å². The van der Waals surface area contributed by atoms with Crippen molar-refractivity contribution in [3.63, 3.8) is 0 Å². The summed E-state index contributed by atoms with van der Waals surface area (Å²) < 4.78 is 0. The SMILES string of the molecule is C#CC(O)N(C)C#C. The predicted molar refractivity (Wildman–Crippen MR) is 31.4 cm³/mol. The molecule has 2 nitrogen and oxygen atoms in total. The maximum atomic E-state index is 8.67. The highest BCUT2D eigenvalue weighted by atomic mass is 16.3. The van der Waals surface area contributed by atoms with Crippen LogP contribution in [0.25, 0.3) is 0 Å². The second-order valence-electron chi connectivity index (χ2n) is 1.28. The molecule has 0 fully saturated rings. The Morgan fingerprint density at radius 2 is 2.12 bits per heavy atom. The molecule has 0 rings (SSSR count). The van der Waals surface area contributed by atoms with Gasteiger partial charge in [-0.3, -0.25) is 4.90 Å². The molecule has 1 N–H and O–H groups in total. The quantitative estimate of drug-likeness (QED) is 0.278. The lowest BCUT2D eigenvalue weighted by atomic mass is 10.5. The molecule has 0 saturated carbocycles. The van der Waals surface area contributed by atoms with Gasteiger partial charge < -0.3 is 5.11 Å². The van der Waals surface area contributed by atoms with Gasteiger partial charge in [0.25, 0.3) is 0 Å². The van der Waals surface area contributed by atoms with E-state index in [1.165, 1.54) is 11.9 Å². The molecule has 0 aromatic rings. The van der Waals surface area contributed by atoms with Crippen molar-refractivity contribution in [2.45, 2.75) is 6.23 Å². The Hall–Kier alpha value is -1.12. The minimum atomic E-state index is -0.958. The van der Waals surface area contributed by atoms with E-state index in [0.29, 0.717) is 0 Å². The molecule has 8 heavy (non-hydrogen) atoms. The van der Waals surface area contributed by atoms with E-state index in [1.54, 1.807) is 0 Å². The van der Waals surface area contributed by atoms with Crippen LogP contribution in [0.3, 0.4) is 0 Å². The molecule has 0 radical (unpaired) electrons. The second-order valence-corrected chi connectivity index (χ2v) is 1.28. The highest BCUT2D eigenvalue weighted by molar-refractivity contribution is 4.98. The van der Waals surface area contributed by atoms with Gasteiger partial charge in [0.05, 0.1) is 0 Å². The average Bonchev–Trinajstić information content (AvgIpc) is 1.84. The van der Waals surface area contributed by atoms with E-state index in [0.717, 1.165) is 0 Å². The average molecular weight is 109 g/mol. The molecule has 2 heteroatoms. The van der Waals surface area contributed by atoms with Crippen LogP contribution in [-0.4, -0.2) is 23.3 Å². The fraction of sp³-hybridized carbons (Fsp3) is 0.333. The third kappa shape index (κ3) is 1.55. The number of hydrogen-bond acceptors (Lipinski definition) is 2. The molecule has 0 heterocycles. The van der Waals surface area contributed by atoms with Crippen LogP contribution in [0.1, 0.15) is 0 Å². The maximum Gasteiger partial charge on any atom is 0.197 e. The number of nitrogens with zero attached hydrogens (tertiary/aromatic N) is 1. The maximum absolute atomic E-state index is 8.67. The molecule has 0 aliphatic heterocycles. The first-order valence-electron chi connectivity index (χ1n) is 2.05. The topological polar surface area (TPSA) is 23.5 Å². The zero-order chi connectivity index (χ0) is 6.57. The number of aliphatic hydroxyl groups is 1. The van der Waals surface area contributed by atoms with Gasteiger partial charge in [0.15, 0.2) is 6.23 Å². The smallest absolute Gasteiger partial charge is 0.197 e. The minimum Gasteiger partial charge on any atom is -0.363 e. The van der Waals surface area contributed by atoms with Crippen molar-refractivity contribution in [2.75, 3.05) is 7.05 Å². The summed E-state index contributed by atoms with van der Waals surface area (Å²) >= 11 is 0. The zero-order valence-electron chi connectivity index (χ0n) is 4.63. The number of aliphatic hydroxyl groups excluding tert-OH is 1. The van der Waals surface area contributed by atoms with E-state index in [2.05, 4.69) is 12.0 Å². The predicted octanol–water partition coefficient (Wildman–Crippen LogP) is -0.539. The van der Waals surface area contributed by atoms with Crippen molar-refractivity contribution in [1.82, 2.24) is 4.90 Å². The molecule has 0 aliphatic carbocycles. The van der Waals surface area contributed by atoms with Crippen molar-refractivity contribution in [3.05, 3.63) is 0 Å². The molecular weight excluding hydrogens is 102 g/mol. The monoisotopic (exact) mass is 109 g/mol. The Labute approximate surface area is 49.1 Å². The van der Waals surface area contributed by atoms with Crippen molar-refractivity contribution in [2.24, 2.45) is 0 Å². The minimum absolute atomic E-state index is 0.958. The summed E-state index contributed by atoms with van der Waals surface area (Å²) in [6.07, 6.45) is 8.72. The summed E-state index contributed by atoms with van der Waals surface area (Å²) in [7, 11) is 1.53. The largest absolute Gasteiger partial charge is 0.363 e. The van der Waals surface area contributed by atoms with E-state index < -0.39 is 6.23 Å². The summed E-state index contributed by atoms with van der Waals surface area (Å²) in [5.74, 6) is 2.05. The summed E-state index contributed by atoms with van der Waals surface area (Å²) in [6, 6.07) is 2.16. The fourth-order valence-corrected chi connectivity index (χ4v) is 0.182. The molecule has 0 aliphatic rings. The molecule has 0 spiro atoms. The number of hydrogen-bond donors (Lipinski definition) is 1. The van der Waals surface area contributed by atoms with Gasteiger partial charge in [0.1, 0.15) is 0 Å². The highest BCUT2D eigenvalue weighted by Crippen LogP contribution is 1.83. The molecule has 0 aromatic carbocycles. The summed E-state index contributed by atoms with van der Waals surface area (Å²) in [4.78, 5) is 1.19. The first-order chi connectivity index (χ1) is 3.72. The van der Waals surface area contributed by atoms with Crippen molar-refractivity contribution in [3.8, 4) is 24.8 Å². The van der Waals surface area contributed by atoms with Gasteiger partial charge in [-0.25, -0.2) is 0 Å². The van der Waals surface area contributed by atoms with Gasteiger partial charge in [0, 0.05) is 13.1 Å². The molecule has 0 bridgehead atoms. The van der Waals surface area contributed by atoms with Gasteiger partial charge in [-0.15, -0.1) is 6.42 Å². The zero-order valence-corrected chi connectivity index (χ0v) is 4.63. The van der Waals surface area contributed by atoms with Crippen LogP contribution in [0, 0.1) is 24.8 Å². The lowest BCUT2D eigenvalue weighted by Gasteiger charge is -2.11. The number of terminal acetylenes is 2. The van der Waals surface area contributed by atoms with Crippen LogP contribution in [0.5, 0.6) is 0 Å². The molecule has 0 aromatic heterocycles. The van der Waals surface area contributed by atoms with Crippen LogP contribution < -0.4 is 0 Å². The molecule has 0 amide bonds. The Morgan fingerprint density at radius 3 is 2.25 bits per heavy atom. The Morgan fingerprint density at radius 1 is 1.62 bits per heavy atom. The van der Waals surface area contributed by atoms with Gasteiger partial charge in [0.2, 0.25) is 0 Å². The second kappa shape index (κ2) is 2.96. The van der Waals surface area contributed by atoms with Crippen molar-refractivity contribution < 1.29 is 5.11 Å². The van der Waals surface area contributed by atoms with Gasteiger partial charge in [-0.1, -0.05) is 12.3 Å². The normalized spacial score (nSPS) is 11.0. The van der Waals surface area contributed by atoms with Gasteiger partial charge in [-0.2, -0.15) is 0 Å². The molecule has 1 unspecified atom stereocenters. The molecule has 0 saturated heterocycles. The Kier molecular flexibility index (Phi) is 2.54. The standard InChI is InChI=1S/C6H7NO/c1-4-6(8)7(3)5-2/h1-2,6,8H,3H3. The molecule has 42 valence electrons. The third-order valence-corrected chi connectivity index (χ3v) is 0.720. The van der Waals surface area contributed by atoms with Gasteiger partial charge in [-0.05, 0) is 0 Å². The fourth-order valence-electron chi connectivity index (χ4n) is 0.182. The van der Waals surface area contributed by atoms with Gasteiger partial charge >= 0.3 is 0 Å². The Bertz CT molecular complexity index is 122. The third-order valence-electron chi connectivity index (χ3n) is 0.720. The van der Waals surface area contributed by atoms with E-state index >= 15 is 0 Å². The highest BCUT2D eigenvalue weighted by Gasteiger charge is 1.98. The number of rotatable bonds is 1. The first kappa shape index (κ1) is 6.88. The first-order valence-corrected chi connectivity index (χ1v) is 2.05. The lowest BCUT2D eigenvalue weighted by molar-refractivity contribution is 0.116. The van der Waals surface area contributed by atoms with E-state index in [4.69, 9.17) is 18.0 Å². The summed E-state index contributed by atoms with van der Waals surface area (Å²) in [6.45, 7) is 0. The van der Waals surface area contributed by atoms with Crippen LogP contribution >= 0.6 is 0 Å². The van der Waals surface area contributed by atoms with Crippen LogP contribution in [0.2, 0.25) is 0 Å². The molecular formula is C6H7NO. The molecule has 1 atom stereocenters. The van der Waals surface area contributed by atoms with Crippen LogP contribution in [0.15, 0.2) is 0 Å². The van der Waals surface area contributed by atoms with Crippen LogP contribution in [-0.2, 0) is 0 Å². The van der Waals surface area contributed by atoms with E-state index in [9.17, 15) is 0 Å². The lowest BCUT2D eigenvalue weighted by Crippen LogP contribution is -2.24. The summed E-state index contributed by atoms with van der Waals surface area (Å²) in [5, 5.41) is 8.67. The van der Waals surface area contributed by atoms with E-state index in [1.807, 2.05) is 0 Å². The van der Waals surface area contributed by atoms with E-state index in [-0.39, 0.29) is 0 Å².